The fourth-order valence-corrected chi connectivity index (χ4v) is 7.00. The maximum Gasteiger partial charge on any atom is 0.258 e. The van der Waals surface area contributed by atoms with Crippen LogP contribution in [0.5, 0.6) is 0 Å². The highest BCUT2D eigenvalue weighted by atomic mass is 32.2. The number of benzene rings is 3. The molecule has 5 rings (SSSR count). The van der Waals surface area contributed by atoms with Gasteiger partial charge in [0.15, 0.2) is 9.84 Å². The van der Waals surface area contributed by atoms with Gasteiger partial charge in [-0.05, 0) is 61.0 Å². The molecule has 1 fully saturated rings. The normalized spacial score (nSPS) is 17.9. The predicted octanol–water partition coefficient (Wildman–Crippen LogP) is 4.13. The zero-order chi connectivity index (χ0) is 26.7. The number of carbonyl (C=O) groups excluding carboxylic acids is 2. The third-order valence-electron chi connectivity index (χ3n) is 7.71. The zero-order valence-corrected chi connectivity index (χ0v) is 22.6. The Morgan fingerprint density at radius 1 is 1.03 bits per heavy atom. The van der Waals surface area contributed by atoms with Gasteiger partial charge in [-0.15, -0.1) is 0 Å². The van der Waals surface area contributed by atoms with Crippen LogP contribution in [0.25, 0.3) is 10.8 Å². The largest absolute Gasteiger partial charge is 0.385 e. The Bertz CT molecular complexity index is 1440. The number of nitrogens with zero attached hydrogens (tertiary/aromatic N) is 2. The first-order valence-corrected chi connectivity index (χ1v) is 14.9. The van der Waals surface area contributed by atoms with Crippen LogP contribution < -0.4 is 4.90 Å². The number of methoxy groups -OCH3 is 1. The van der Waals surface area contributed by atoms with Crippen LogP contribution >= 0.6 is 0 Å². The molecule has 3 aromatic carbocycles. The van der Waals surface area contributed by atoms with E-state index in [2.05, 4.69) is 4.90 Å². The number of amides is 1. The first-order chi connectivity index (χ1) is 18.4. The molecule has 3 aromatic rings. The molecule has 2 aliphatic heterocycles. The molecule has 1 unspecified atom stereocenters. The molecule has 2 aliphatic rings. The molecule has 200 valence electrons. The lowest BCUT2D eigenvalue weighted by Crippen LogP contribution is -2.41. The molecule has 0 aliphatic carbocycles. The van der Waals surface area contributed by atoms with Crippen LogP contribution in [0.1, 0.15) is 35.2 Å². The molecular formula is C30H34N2O5S. The summed E-state index contributed by atoms with van der Waals surface area (Å²) in [7, 11) is -1.70. The van der Waals surface area contributed by atoms with Gasteiger partial charge in [0.1, 0.15) is 5.78 Å². The third-order valence-corrected chi connectivity index (χ3v) is 9.42. The van der Waals surface area contributed by atoms with Crippen molar-refractivity contribution in [3.05, 3.63) is 71.8 Å². The van der Waals surface area contributed by atoms with Crippen LogP contribution in [-0.2, 0) is 25.8 Å². The van der Waals surface area contributed by atoms with E-state index >= 15 is 0 Å². The van der Waals surface area contributed by atoms with Gasteiger partial charge in [0.25, 0.3) is 5.91 Å². The smallest absolute Gasteiger partial charge is 0.258 e. The Balaban J connectivity index is 1.27. The fraction of sp³-hybridized carbons (Fsp3) is 0.400. The molecule has 0 spiro atoms. The minimum absolute atomic E-state index is 0.00134. The second-order valence-electron chi connectivity index (χ2n) is 10.2. The number of sulfone groups is 1. The van der Waals surface area contributed by atoms with Crippen molar-refractivity contribution < 1.29 is 22.7 Å². The van der Waals surface area contributed by atoms with Crippen molar-refractivity contribution in [2.24, 2.45) is 5.92 Å². The molecule has 2 heterocycles. The van der Waals surface area contributed by atoms with Crippen molar-refractivity contribution in [3.8, 4) is 0 Å². The number of piperidine rings is 1. The fourth-order valence-electron chi connectivity index (χ4n) is 5.70. The highest BCUT2D eigenvalue weighted by Gasteiger charge is 2.31. The molecule has 0 bridgehead atoms. The van der Waals surface area contributed by atoms with E-state index in [0.717, 1.165) is 47.8 Å². The maximum absolute atomic E-state index is 13.4. The number of carbonyl (C=O) groups is 2. The average molecular weight is 535 g/mol. The molecule has 7 nitrogen and oxygen atoms in total. The van der Waals surface area contributed by atoms with Crippen LogP contribution in [0.15, 0.2) is 65.6 Å². The summed E-state index contributed by atoms with van der Waals surface area (Å²) in [5, 5.41) is 1.88. The van der Waals surface area contributed by atoms with Crippen molar-refractivity contribution in [1.29, 1.82) is 0 Å². The number of ketones is 1. The summed E-state index contributed by atoms with van der Waals surface area (Å²) in [5.74, 6) is 0.0846. The van der Waals surface area contributed by atoms with Gasteiger partial charge < -0.3 is 14.5 Å². The summed E-state index contributed by atoms with van der Waals surface area (Å²) in [6, 6.07) is 18.2. The molecule has 0 radical (unpaired) electrons. The Morgan fingerprint density at radius 3 is 2.63 bits per heavy atom. The summed E-state index contributed by atoms with van der Waals surface area (Å²) in [4.78, 5) is 30.8. The number of hydrogen-bond donors (Lipinski definition) is 0. The standard InChI is InChI=1S/C30H34N2O5S/c1-37-18-7-16-32-27-14-13-22(25-11-5-12-26(29(25)27)30(32)34)20-28(33)23-8-6-15-31(21-23)17-19-38(35,36)24-9-3-2-4-10-24/h2-5,9-14,23H,6-8,15-21H2,1H3. The Kier molecular flexibility index (Phi) is 7.93. The summed E-state index contributed by atoms with van der Waals surface area (Å²) in [6.07, 6.45) is 2.74. The van der Waals surface area contributed by atoms with E-state index in [9.17, 15) is 18.0 Å². The second kappa shape index (κ2) is 11.4. The Labute approximate surface area is 224 Å². The van der Waals surface area contributed by atoms with Gasteiger partial charge in [0, 0.05) is 56.6 Å². The Hall–Kier alpha value is -3.07. The number of likely N-dealkylation sites (tertiary alicyclic amines) is 1. The average Bonchev–Trinajstić information content (AvgIpc) is 3.22. The predicted molar refractivity (Wildman–Crippen MR) is 148 cm³/mol. The first kappa shape index (κ1) is 26.5. The maximum atomic E-state index is 13.4. The quantitative estimate of drug-likeness (QED) is 0.344. The molecular weight excluding hydrogens is 500 g/mol. The van der Waals surface area contributed by atoms with Crippen LogP contribution in [0.4, 0.5) is 5.69 Å². The molecule has 8 heteroatoms. The molecule has 1 amide bonds. The number of Topliss-reactive ketones (excluding diaryl/α,β-unsaturated/α-hetero) is 1. The molecule has 1 atom stereocenters. The highest BCUT2D eigenvalue weighted by molar-refractivity contribution is 7.91. The number of hydrogen-bond acceptors (Lipinski definition) is 6. The monoisotopic (exact) mass is 534 g/mol. The highest BCUT2D eigenvalue weighted by Crippen LogP contribution is 2.39. The molecule has 0 aromatic heterocycles. The van der Waals surface area contributed by atoms with Crippen molar-refractivity contribution in [2.75, 3.05) is 50.5 Å². The van der Waals surface area contributed by atoms with Gasteiger partial charge in [-0.3, -0.25) is 9.59 Å². The van der Waals surface area contributed by atoms with Crippen LogP contribution in [0.2, 0.25) is 0 Å². The van der Waals surface area contributed by atoms with Crippen LogP contribution in [0, 0.1) is 5.92 Å². The van der Waals surface area contributed by atoms with Gasteiger partial charge in [-0.1, -0.05) is 36.4 Å². The lowest BCUT2D eigenvalue weighted by molar-refractivity contribution is -0.123. The SMILES string of the molecule is COCCCN1C(=O)c2cccc3c(CC(=O)C4CCCN(CCS(=O)(=O)c5ccccc5)C4)ccc1c23. The summed E-state index contributed by atoms with van der Waals surface area (Å²) >= 11 is 0. The van der Waals surface area contributed by atoms with E-state index in [-0.39, 0.29) is 23.4 Å². The van der Waals surface area contributed by atoms with E-state index in [1.807, 2.05) is 35.2 Å². The lowest BCUT2D eigenvalue weighted by Gasteiger charge is -2.32. The Morgan fingerprint density at radius 2 is 1.84 bits per heavy atom. The van der Waals surface area contributed by atoms with Crippen molar-refractivity contribution >= 4 is 38.0 Å². The van der Waals surface area contributed by atoms with Gasteiger partial charge in [0.05, 0.1) is 16.3 Å². The van der Waals surface area contributed by atoms with Gasteiger partial charge in [-0.25, -0.2) is 8.42 Å². The number of ether oxygens (including phenoxy) is 1. The summed E-state index contributed by atoms with van der Waals surface area (Å²) in [5.41, 5.74) is 2.52. The lowest BCUT2D eigenvalue weighted by atomic mass is 9.88. The molecule has 1 saturated heterocycles. The third kappa shape index (κ3) is 5.39. The summed E-state index contributed by atoms with van der Waals surface area (Å²) < 4.78 is 30.6. The van der Waals surface area contributed by atoms with Gasteiger partial charge in [-0.2, -0.15) is 0 Å². The topological polar surface area (TPSA) is 84.0 Å². The van der Waals surface area contributed by atoms with E-state index < -0.39 is 9.84 Å². The van der Waals surface area contributed by atoms with E-state index in [1.165, 1.54) is 0 Å². The van der Waals surface area contributed by atoms with E-state index in [1.54, 1.807) is 37.4 Å². The van der Waals surface area contributed by atoms with Crippen LogP contribution in [0.3, 0.4) is 0 Å². The zero-order valence-electron chi connectivity index (χ0n) is 21.8. The van der Waals surface area contributed by atoms with Crippen molar-refractivity contribution in [1.82, 2.24) is 4.90 Å². The van der Waals surface area contributed by atoms with Crippen molar-refractivity contribution in [2.45, 2.75) is 30.6 Å². The molecule has 0 saturated carbocycles. The summed E-state index contributed by atoms with van der Waals surface area (Å²) in [6.45, 7) is 2.98. The second-order valence-corrected chi connectivity index (χ2v) is 12.3. The molecule has 38 heavy (non-hydrogen) atoms. The minimum atomic E-state index is -3.35. The van der Waals surface area contributed by atoms with Gasteiger partial charge in [0.2, 0.25) is 0 Å². The number of rotatable bonds is 11. The van der Waals surface area contributed by atoms with E-state index in [4.69, 9.17) is 4.74 Å². The van der Waals surface area contributed by atoms with Crippen LogP contribution in [-0.4, -0.2) is 70.7 Å². The minimum Gasteiger partial charge on any atom is -0.385 e. The van der Waals surface area contributed by atoms with E-state index in [0.29, 0.717) is 43.1 Å². The van der Waals surface area contributed by atoms with Gasteiger partial charge >= 0.3 is 0 Å². The molecule has 0 N–H and O–H groups in total. The first-order valence-electron chi connectivity index (χ1n) is 13.3. The number of anilines is 1. The van der Waals surface area contributed by atoms with Crippen molar-refractivity contribution in [3.63, 3.8) is 0 Å².